The van der Waals surface area contributed by atoms with Gasteiger partial charge < -0.3 is 4.74 Å². The Kier molecular flexibility index (Phi) is 4.69. The van der Waals surface area contributed by atoms with Crippen LogP contribution in [0.3, 0.4) is 0 Å². The van der Waals surface area contributed by atoms with E-state index < -0.39 is 29.1 Å². The second-order valence-corrected chi connectivity index (χ2v) is 9.04. The molecule has 0 aliphatic carbocycles. The number of thiophene rings is 2. The molecule has 0 atom stereocenters. The van der Waals surface area contributed by atoms with Crippen molar-refractivity contribution in [2.45, 2.75) is 18.0 Å². The minimum Gasteiger partial charge on any atom is -0.471 e. The van der Waals surface area contributed by atoms with Crippen molar-refractivity contribution in [3.05, 3.63) is 99.2 Å². The van der Waals surface area contributed by atoms with E-state index in [9.17, 15) is 26.3 Å². The third kappa shape index (κ3) is 3.22. The molecule has 5 rings (SSSR count). The quantitative estimate of drug-likeness (QED) is 0.262. The van der Waals surface area contributed by atoms with Crippen LogP contribution < -0.4 is 4.74 Å². The molecule has 1 aliphatic heterocycles. The summed E-state index contributed by atoms with van der Waals surface area (Å²) in [4.78, 5) is 1.76. The van der Waals surface area contributed by atoms with Crippen molar-refractivity contribution >= 4 is 22.7 Å². The second-order valence-electron chi connectivity index (χ2n) is 7.21. The topological polar surface area (TPSA) is 9.23 Å². The van der Waals surface area contributed by atoms with Gasteiger partial charge in [0.05, 0.1) is 20.9 Å². The summed E-state index contributed by atoms with van der Waals surface area (Å²) in [5, 5.41) is 3.68. The van der Waals surface area contributed by atoms with Gasteiger partial charge in [0.15, 0.2) is 5.60 Å². The first-order chi connectivity index (χ1) is 15.1. The predicted octanol–water partition coefficient (Wildman–Crippen LogP) is 8.20. The number of hydrogen-bond donors (Lipinski definition) is 0. The molecule has 0 N–H and O–H groups in total. The lowest BCUT2D eigenvalue weighted by Gasteiger charge is -2.39. The van der Waals surface area contributed by atoms with Crippen molar-refractivity contribution < 1.29 is 31.1 Å². The van der Waals surface area contributed by atoms with E-state index in [0.717, 1.165) is 34.0 Å². The maximum absolute atomic E-state index is 13.1. The zero-order valence-corrected chi connectivity index (χ0v) is 17.6. The Labute approximate surface area is 186 Å². The molecule has 0 unspecified atom stereocenters. The molecule has 0 saturated carbocycles. The Morgan fingerprint density at radius 2 is 1.06 bits per heavy atom. The van der Waals surface area contributed by atoms with Crippen LogP contribution in [0.25, 0.3) is 9.75 Å². The highest BCUT2D eigenvalue weighted by molar-refractivity contribution is 7.20. The Morgan fingerprint density at radius 1 is 0.594 bits per heavy atom. The van der Waals surface area contributed by atoms with Crippen LogP contribution >= 0.6 is 22.7 Å². The summed E-state index contributed by atoms with van der Waals surface area (Å²) in [6.45, 7) is 0. The van der Waals surface area contributed by atoms with E-state index >= 15 is 0 Å². The Balaban J connectivity index is 1.75. The van der Waals surface area contributed by atoms with E-state index in [1.807, 2.05) is 10.8 Å². The van der Waals surface area contributed by atoms with Crippen LogP contribution in [-0.2, 0) is 18.0 Å². The van der Waals surface area contributed by atoms with Crippen molar-refractivity contribution in [1.29, 1.82) is 0 Å². The Hall–Kier alpha value is -2.78. The lowest BCUT2D eigenvalue weighted by Crippen LogP contribution is -2.38. The molecule has 0 fully saturated rings. The minimum atomic E-state index is -4.51. The molecule has 0 spiro atoms. The monoisotopic (exact) mass is 482 g/mol. The Morgan fingerprint density at radius 3 is 1.56 bits per heavy atom. The number of halogens is 6. The van der Waals surface area contributed by atoms with E-state index in [1.54, 1.807) is 12.1 Å². The fourth-order valence-electron chi connectivity index (χ4n) is 3.91. The second kappa shape index (κ2) is 7.11. The first-order valence-electron chi connectivity index (χ1n) is 9.31. The van der Waals surface area contributed by atoms with Crippen LogP contribution in [0.15, 0.2) is 71.4 Å². The summed E-state index contributed by atoms with van der Waals surface area (Å²) >= 11 is 2.91. The van der Waals surface area contributed by atoms with Gasteiger partial charge in [0.2, 0.25) is 0 Å². The van der Waals surface area contributed by atoms with Gasteiger partial charge in [0.1, 0.15) is 5.75 Å². The van der Waals surface area contributed by atoms with Gasteiger partial charge in [0.25, 0.3) is 0 Å². The zero-order valence-electron chi connectivity index (χ0n) is 15.9. The molecule has 0 amide bonds. The van der Waals surface area contributed by atoms with Crippen molar-refractivity contribution in [3.8, 4) is 15.5 Å². The minimum absolute atomic E-state index is 0.391. The lowest BCUT2D eigenvalue weighted by molar-refractivity contribution is -0.138. The van der Waals surface area contributed by atoms with E-state index in [2.05, 4.69) is 0 Å². The maximum Gasteiger partial charge on any atom is 0.416 e. The number of rotatable bonds is 2. The van der Waals surface area contributed by atoms with E-state index in [0.29, 0.717) is 22.4 Å². The fraction of sp³-hybridized carbons (Fsp3) is 0.130. The number of fused-ring (bicyclic) bond motifs is 3. The first kappa shape index (κ1) is 21.1. The average molecular weight is 482 g/mol. The molecule has 2 aromatic heterocycles. The summed E-state index contributed by atoms with van der Waals surface area (Å²) in [7, 11) is 0. The van der Waals surface area contributed by atoms with Crippen LogP contribution in [0.5, 0.6) is 5.75 Å². The van der Waals surface area contributed by atoms with Crippen LogP contribution in [-0.4, -0.2) is 0 Å². The summed E-state index contributed by atoms with van der Waals surface area (Å²) in [6.07, 6.45) is -9.02. The van der Waals surface area contributed by atoms with Gasteiger partial charge in [-0.3, -0.25) is 0 Å². The van der Waals surface area contributed by atoms with Crippen molar-refractivity contribution in [2.24, 2.45) is 0 Å². The molecule has 1 nitrogen and oxygen atoms in total. The molecular weight excluding hydrogens is 470 g/mol. The highest BCUT2D eigenvalue weighted by Gasteiger charge is 2.46. The first-order valence-corrected chi connectivity index (χ1v) is 11.1. The molecule has 164 valence electrons. The molecule has 9 heteroatoms. The van der Waals surface area contributed by atoms with E-state index in [1.165, 1.54) is 46.9 Å². The SMILES string of the molecule is FC(F)(F)c1ccc(C2(c3ccc(C(F)(F)F)cc3)Oc3ccsc3-c3sccc32)cc1. The maximum atomic E-state index is 13.1. The number of benzene rings is 2. The van der Waals surface area contributed by atoms with E-state index in [-0.39, 0.29) is 0 Å². The third-order valence-electron chi connectivity index (χ3n) is 5.38. The number of alkyl halides is 6. The fourth-order valence-corrected chi connectivity index (χ4v) is 5.85. The summed E-state index contributed by atoms with van der Waals surface area (Å²) < 4.78 is 85.3. The molecule has 1 aliphatic rings. The molecule has 32 heavy (non-hydrogen) atoms. The summed E-state index contributed by atoms with van der Waals surface area (Å²) in [5.41, 5.74) is -1.57. The molecule has 2 aromatic carbocycles. The van der Waals surface area contributed by atoms with Gasteiger partial charge in [-0.05, 0) is 47.2 Å². The molecule has 3 heterocycles. The van der Waals surface area contributed by atoms with Gasteiger partial charge in [0, 0.05) is 16.7 Å². The number of ether oxygens (including phenoxy) is 1. The predicted molar refractivity (Wildman–Crippen MR) is 111 cm³/mol. The standard InChI is InChI=1S/C23H12F6OS2/c24-22(25,26)15-5-1-13(2-6-15)21(14-3-7-16(8-4-14)23(27,28)29)17-9-11-31-19(17)20-18(30-21)10-12-32-20/h1-12H. The summed E-state index contributed by atoms with van der Waals surface area (Å²) in [6, 6.07) is 12.7. The smallest absolute Gasteiger partial charge is 0.416 e. The summed E-state index contributed by atoms with van der Waals surface area (Å²) in [5.74, 6) is 0.532. The molecule has 0 radical (unpaired) electrons. The normalized spacial score (nSPS) is 15.1. The number of hydrogen-bond acceptors (Lipinski definition) is 3. The van der Waals surface area contributed by atoms with Gasteiger partial charge in [-0.2, -0.15) is 26.3 Å². The average Bonchev–Trinajstić information content (AvgIpc) is 3.41. The van der Waals surface area contributed by atoms with Crippen molar-refractivity contribution in [1.82, 2.24) is 0 Å². The van der Waals surface area contributed by atoms with Crippen LogP contribution in [0.1, 0.15) is 27.8 Å². The van der Waals surface area contributed by atoms with Crippen LogP contribution in [0, 0.1) is 0 Å². The van der Waals surface area contributed by atoms with Gasteiger partial charge in [-0.1, -0.05) is 24.3 Å². The Bertz CT molecular complexity index is 1210. The lowest BCUT2D eigenvalue weighted by atomic mass is 9.78. The highest BCUT2D eigenvalue weighted by atomic mass is 32.1. The third-order valence-corrected chi connectivity index (χ3v) is 7.35. The van der Waals surface area contributed by atoms with Crippen molar-refractivity contribution in [2.75, 3.05) is 0 Å². The zero-order chi connectivity index (χ0) is 22.7. The van der Waals surface area contributed by atoms with Gasteiger partial charge in [-0.25, -0.2) is 0 Å². The van der Waals surface area contributed by atoms with Crippen LogP contribution in [0.2, 0.25) is 0 Å². The highest BCUT2D eigenvalue weighted by Crippen LogP contribution is 2.55. The van der Waals surface area contributed by atoms with Crippen molar-refractivity contribution in [3.63, 3.8) is 0 Å². The van der Waals surface area contributed by atoms with Gasteiger partial charge in [-0.15, -0.1) is 22.7 Å². The largest absolute Gasteiger partial charge is 0.471 e. The van der Waals surface area contributed by atoms with E-state index in [4.69, 9.17) is 4.74 Å². The van der Waals surface area contributed by atoms with Crippen LogP contribution in [0.4, 0.5) is 26.3 Å². The molecular formula is C23H12F6OS2. The van der Waals surface area contributed by atoms with Gasteiger partial charge >= 0.3 is 12.4 Å². The molecule has 4 aromatic rings. The molecule has 0 saturated heterocycles. The molecule has 0 bridgehead atoms.